The fourth-order valence-corrected chi connectivity index (χ4v) is 2.72. The van der Waals surface area contributed by atoms with Crippen molar-refractivity contribution in [1.82, 2.24) is 0 Å². The van der Waals surface area contributed by atoms with Gasteiger partial charge in [-0.2, -0.15) is 0 Å². The predicted octanol–water partition coefficient (Wildman–Crippen LogP) is 3.66. The van der Waals surface area contributed by atoms with Crippen molar-refractivity contribution in [3.8, 4) is 0 Å². The molecule has 0 heterocycles. The summed E-state index contributed by atoms with van der Waals surface area (Å²) in [5.74, 6) is 0.290. The average Bonchev–Trinajstić information content (AvgIpc) is 2.50. The summed E-state index contributed by atoms with van der Waals surface area (Å²) in [6, 6.07) is 0. The summed E-state index contributed by atoms with van der Waals surface area (Å²) >= 11 is 0. The molecule has 3 N–H and O–H groups in total. The molecule has 0 bridgehead atoms. The maximum absolute atomic E-state index is 12.3. The Morgan fingerprint density at radius 1 is 0.889 bits per heavy atom. The highest BCUT2D eigenvalue weighted by Gasteiger charge is 2.24. The Kier molecular flexibility index (Phi) is 17.8. The fraction of sp³-hybridized carbons (Fsp3) is 0.947. The Morgan fingerprint density at radius 2 is 1.30 bits per heavy atom. The lowest BCUT2D eigenvalue weighted by molar-refractivity contribution is -0.872. The van der Waals surface area contributed by atoms with Crippen LogP contribution in [-0.2, 0) is 14.1 Å². The van der Waals surface area contributed by atoms with E-state index in [0.29, 0.717) is 13.0 Å². The number of rotatable bonds is 15. The van der Waals surface area contributed by atoms with Gasteiger partial charge in [0.1, 0.15) is 6.54 Å². The second kappa shape index (κ2) is 16.6. The van der Waals surface area contributed by atoms with Crippen molar-refractivity contribution in [3.63, 3.8) is 0 Å². The van der Waals surface area contributed by atoms with Crippen molar-refractivity contribution in [2.45, 2.75) is 84.2 Å². The van der Waals surface area contributed by atoms with Crippen LogP contribution in [0.3, 0.4) is 0 Å². The molecule has 1 unspecified atom stereocenters. The molecule has 1 atom stereocenters. The number of Topliss-reactive ketones (excluding diaryl/α,β-unsaturated/α-hetero) is 1. The second-order valence-corrected chi connectivity index (χ2v) is 9.00. The number of carbonyl (C=O) groups is 1. The number of likely N-dealkylation sites (N-methyl/N-ethyl adjacent to an activating group) is 1. The van der Waals surface area contributed by atoms with Gasteiger partial charge >= 0.3 is 7.82 Å². The molecule has 164 valence electrons. The second-order valence-electron chi connectivity index (χ2n) is 7.97. The van der Waals surface area contributed by atoms with E-state index in [9.17, 15) is 4.79 Å². The van der Waals surface area contributed by atoms with Crippen molar-refractivity contribution < 1.29 is 33.3 Å². The van der Waals surface area contributed by atoms with Gasteiger partial charge in [-0.3, -0.25) is 4.79 Å². The third-order valence-corrected chi connectivity index (χ3v) is 3.97. The van der Waals surface area contributed by atoms with Crippen LogP contribution >= 0.6 is 7.82 Å². The molecule has 0 aliphatic rings. The first-order valence-electron chi connectivity index (χ1n) is 10.1. The average molecular weight is 413 g/mol. The lowest BCUT2D eigenvalue weighted by Crippen LogP contribution is -2.45. The maximum Gasteiger partial charge on any atom is 0.466 e. The molecule has 0 radical (unpaired) electrons. The minimum absolute atomic E-state index is 0.223. The van der Waals surface area contributed by atoms with Crippen molar-refractivity contribution in [2.24, 2.45) is 0 Å². The highest BCUT2D eigenvalue weighted by molar-refractivity contribution is 7.45. The molecule has 27 heavy (non-hydrogen) atoms. The number of nitrogens with zero attached hydrogens (tertiary/aromatic N) is 1. The number of quaternary nitrogens is 1. The molecule has 0 fully saturated rings. The molecule has 0 saturated heterocycles. The summed E-state index contributed by atoms with van der Waals surface area (Å²) < 4.78 is 15.3. The van der Waals surface area contributed by atoms with E-state index in [1.807, 2.05) is 6.92 Å². The first-order valence-corrected chi connectivity index (χ1v) is 11.7. The van der Waals surface area contributed by atoms with Gasteiger partial charge in [-0.15, -0.1) is 0 Å². The molecule has 0 aromatic rings. The van der Waals surface area contributed by atoms with E-state index < -0.39 is 7.82 Å². The van der Waals surface area contributed by atoms with Gasteiger partial charge in [-0.25, -0.2) is 4.57 Å². The zero-order valence-electron chi connectivity index (χ0n) is 18.0. The summed E-state index contributed by atoms with van der Waals surface area (Å²) in [7, 11) is 1.69. The molecular formula is C19H43NO6P+. The van der Waals surface area contributed by atoms with E-state index in [1.165, 1.54) is 51.4 Å². The molecule has 0 amide bonds. The van der Waals surface area contributed by atoms with Crippen molar-refractivity contribution in [3.05, 3.63) is 0 Å². The Morgan fingerprint density at radius 3 is 1.67 bits per heavy atom. The number of carbonyl (C=O) groups excluding carboxylic acids is 1. The van der Waals surface area contributed by atoms with E-state index in [0.717, 1.165) is 17.4 Å². The van der Waals surface area contributed by atoms with E-state index in [-0.39, 0.29) is 11.9 Å². The van der Waals surface area contributed by atoms with Crippen LogP contribution in [0.4, 0.5) is 0 Å². The molecule has 0 aliphatic heterocycles. The standard InChI is InChI=1S/C19H40NO2.H3O4P/c1-6-8-9-10-11-12-13-14-15-16-18(21)19(22-7-2)17-20(3,4)5;1-5(2,3)4/h19H,6-17H2,1-5H3;(H3,1,2,3,4)/q+1;. The maximum atomic E-state index is 12.3. The Labute approximate surface area is 165 Å². The Hall–Kier alpha value is -0.300. The molecule has 0 aromatic carbocycles. The van der Waals surface area contributed by atoms with Crippen LogP contribution in [0.25, 0.3) is 0 Å². The molecule has 8 heteroatoms. The van der Waals surface area contributed by atoms with Crippen LogP contribution in [0.2, 0.25) is 0 Å². The normalized spacial score (nSPS) is 13.0. The topological polar surface area (TPSA) is 104 Å². The molecule has 0 rings (SSSR count). The summed E-state index contributed by atoms with van der Waals surface area (Å²) in [4.78, 5) is 33.8. The van der Waals surface area contributed by atoms with Crippen LogP contribution in [-0.4, -0.2) is 65.3 Å². The van der Waals surface area contributed by atoms with Gasteiger partial charge in [0, 0.05) is 13.0 Å². The molecule has 0 spiro atoms. The monoisotopic (exact) mass is 412 g/mol. The summed E-state index contributed by atoms with van der Waals surface area (Å²) in [6.45, 7) is 5.61. The van der Waals surface area contributed by atoms with Crippen LogP contribution in [0, 0.1) is 0 Å². The van der Waals surface area contributed by atoms with E-state index >= 15 is 0 Å². The SMILES string of the molecule is CCCCCCCCCCCC(=O)C(C[N+](C)(C)C)OCC.O=P(O)(O)O. The molecule has 0 aliphatic carbocycles. The lowest BCUT2D eigenvalue weighted by Gasteiger charge is -2.28. The third kappa shape index (κ3) is 28.0. The van der Waals surface area contributed by atoms with Gasteiger partial charge in [-0.1, -0.05) is 58.3 Å². The summed E-state index contributed by atoms with van der Waals surface area (Å²) in [6.07, 6.45) is 12.1. The van der Waals surface area contributed by atoms with Crippen LogP contribution < -0.4 is 0 Å². The van der Waals surface area contributed by atoms with Crippen LogP contribution in [0.5, 0.6) is 0 Å². The van der Waals surface area contributed by atoms with Crippen molar-refractivity contribution >= 4 is 13.6 Å². The van der Waals surface area contributed by atoms with Crippen LogP contribution in [0.15, 0.2) is 0 Å². The quantitative estimate of drug-likeness (QED) is 0.215. The molecular weight excluding hydrogens is 369 g/mol. The molecule has 0 saturated carbocycles. The first kappa shape index (κ1) is 28.9. The minimum Gasteiger partial charge on any atom is -0.365 e. The van der Waals surface area contributed by atoms with Gasteiger partial charge in [0.2, 0.25) is 0 Å². The number of ether oxygens (including phenoxy) is 1. The van der Waals surface area contributed by atoms with Crippen molar-refractivity contribution in [1.29, 1.82) is 0 Å². The Balaban J connectivity index is 0. The number of hydrogen-bond acceptors (Lipinski definition) is 3. The summed E-state index contributed by atoms with van der Waals surface area (Å²) in [5.41, 5.74) is 0. The van der Waals surface area contributed by atoms with Crippen molar-refractivity contribution in [2.75, 3.05) is 34.3 Å². The number of unbranched alkanes of at least 4 members (excludes halogenated alkanes) is 8. The van der Waals surface area contributed by atoms with Gasteiger partial charge in [0.15, 0.2) is 11.9 Å². The smallest absolute Gasteiger partial charge is 0.365 e. The lowest BCUT2D eigenvalue weighted by atomic mass is 10.0. The van der Waals surface area contributed by atoms with E-state index in [1.54, 1.807) is 0 Å². The third-order valence-electron chi connectivity index (χ3n) is 3.97. The zero-order valence-corrected chi connectivity index (χ0v) is 18.9. The van der Waals surface area contributed by atoms with Gasteiger partial charge in [-0.05, 0) is 13.3 Å². The number of phosphoric acid groups is 1. The van der Waals surface area contributed by atoms with E-state index in [4.69, 9.17) is 24.0 Å². The highest BCUT2D eigenvalue weighted by atomic mass is 31.2. The fourth-order valence-electron chi connectivity index (χ4n) is 2.72. The molecule has 0 aromatic heterocycles. The number of ketones is 1. The summed E-state index contributed by atoms with van der Waals surface area (Å²) in [5, 5.41) is 0. The van der Waals surface area contributed by atoms with E-state index in [2.05, 4.69) is 28.1 Å². The Bertz CT molecular complexity index is 397. The minimum atomic E-state index is -4.64. The largest absolute Gasteiger partial charge is 0.466 e. The highest BCUT2D eigenvalue weighted by Crippen LogP contribution is 2.25. The first-order chi connectivity index (χ1) is 12.4. The predicted molar refractivity (Wildman–Crippen MR) is 109 cm³/mol. The zero-order chi connectivity index (χ0) is 21.3. The van der Waals surface area contributed by atoms with Gasteiger partial charge < -0.3 is 23.9 Å². The number of hydrogen-bond donors (Lipinski definition) is 3. The van der Waals surface area contributed by atoms with Gasteiger partial charge in [0.05, 0.1) is 21.1 Å². The molecule has 7 nitrogen and oxygen atoms in total. The van der Waals surface area contributed by atoms with Gasteiger partial charge in [0.25, 0.3) is 0 Å². The van der Waals surface area contributed by atoms with Crippen LogP contribution in [0.1, 0.15) is 78.1 Å².